The van der Waals surface area contributed by atoms with Crippen LogP contribution in [0.15, 0.2) is 0 Å². The molecule has 3 aliphatic rings. The van der Waals surface area contributed by atoms with Crippen molar-refractivity contribution >= 4 is 17.2 Å². The van der Waals surface area contributed by atoms with E-state index in [0.717, 1.165) is 39.1 Å². The van der Waals surface area contributed by atoms with Crippen molar-refractivity contribution in [1.29, 1.82) is 0 Å². The summed E-state index contributed by atoms with van der Waals surface area (Å²) in [4.78, 5) is 23.4. The lowest BCUT2D eigenvalue weighted by atomic mass is 9.86. The first kappa shape index (κ1) is 16.5. The Kier molecular flexibility index (Phi) is 5.18. The van der Waals surface area contributed by atoms with Crippen molar-refractivity contribution in [1.82, 2.24) is 14.8 Å². The summed E-state index contributed by atoms with van der Waals surface area (Å²) in [6.45, 7) is 4.77. The average molecular weight is 348 g/mol. The molecule has 2 aliphatic carbocycles. The van der Waals surface area contributed by atoms with Gasteiger partial charge in [0, 0.05) is 37.5 Å². The normalized spacial score (nSPS) is 22.8. The summed E-state index contributed by atoms with van der Waals surface area (Å²) in [5.74, 6) is 1.05. The number of piperazine rings is 1. The maximum atomic E-state index is 12.5. The maximum absolute atomic E-state index is 12.5. The molecule has 5 heteroatoms. The Balaban J connectivity index is 1.23. The SMILES string of the molecule is O=C(CC1CCCCC1)N1CCN(Cc2nc3c(s2)CCC3)CC1. The lowest BCUT2D eigenvalue weighted by molar-refractivity contribution is -0.134. The van der Waals surface area contributed by atoms with Crippen LogP contribution in [0.25, 0.3) is 0 Å². The van der Waals surface area contributed by atoms with Gasteiger partial charge in [-0.2, -0.15) is 0 Å². The Morgan fingerprint density at radius 2 is 1.83 bits per heavy atom. The van der Waals surface area contributed by atoms with Crippen LogP contribution in [0.2, 0.25) is 0 Å². The Bertz CT molecular complexity index is 550. The molecule has 0 atom stereocenters. The zero-order valence-corrected chi connectivity index (χ0v) is 15.5. The molecule has 2 fully saturated rings. The number of nitrogens with zero attached hydrogens (tertiary/aromatic N) is 3. The Morgan fingerprint density at radius 1 is 1.04 bits per heavy atom. The molecule has 4 rings (SSSR count). The van der Waals surface area contributed by atoms with Crippen molar-refractivity contribution in [2.75, 3.05) is 26.2 Å². The molecule has 1 aromatic rings. The summed E-state index contributed by atoms with van der Waals surface area (Å²) in [6, 6.07) is 0. The molecule has 1 amide bonds. The molecule has 24 heavy (non-hydrogen) atoms. The van der Waals surface area contributed by atoms with E-state index in [-0.39, 0.29) is 0 Å². The molecular weight excluding hydrogens is 318 g/mol. The molecule has 1 saturated carbocycles. The lowest BCUT2D eigenvalue weighted by Gasteiger charge is -2.35. The third-order valence-corrected chi connectivity index (χ3v) is 7.05. The van der Waals surface area contributed by atoms with Crippen LogP contribution in [0.1, 0.15) is 60.5 Å². The van der Waals surface area contributed by atoms with Gasteiger partial charge in [0.05, 0.1) is 12.2 Å². The highest BCUT2D eigenvalue weighted by atomic mass is 32.1. The van der Waals surface area contributed by atoms with E-state index >= 15 is 0 Å². The van der Waals surface area contributed by atoms with Gasteiger partial charge in [-0.15, -0.1) is 11.3 Å². The van der Waals surface area contributed by atoms with Crippen molar-refractivity contribution in [2.45, 2.75) is 64.3 Å². The van der Waals surface area contributed by atoms with Crippen LogP contribution in [-0.2, 0) is 24.2 Å². The molecule has 132 valence electrons. The number of hydrogen-bond donors (Lipinski definition) is 0. The van der Waals surface area contributed by atoms with Gasteiger partial charge >= 0.3 is 0 Å². The number of hydrogen-bond acceptors (Lipinski definition) is 4. The first-order chi connectivity index (χ1) is 11.8. The number of carbonyl (C=O) groups excluding carboxylic acids is 1. The fourth-order valence-corrected chi connectivity index (χ4v) is 5.62. The molecular formula is C19H29N3OS. The van der Waals surface area contributed by atoms with Crippen molar-refractivity contribution in [3.8, 4) is 0 Å². The second-order valence-electron chi connectivity index (χ2n) is 7.70. The van der Waals surface area contributed by atoms with Gasteiger partial charge in [-0.3, -0.25) is 9.69 Å². The van der Waals surface area contributed by atoms with Gasteiger partial charge in [0.1, 0.15) is 5.01 Å². The predicted octanol–water partition coefficient (Wildman–Crippen LogP) is 3.25. The standard InChI is InChI=1S/C19H29N3OS/c23-19(13-15-5-2-1-3-6-15)22-11-9-21(10-12-22)14-18-20-16-7-4-8-17(16)24-18/h15H,1-14H2. The lowest BCUT2D eigenvalue weighted by Crippen LogP contribution is -2.48. The van der Waals surface area contributed by atoms with Gasteiger partial charge < -0.3 is 4.90 Å². The van der Waals surface area contributed by atoms with Crippen LogP contribution >= 0.6 is 11.3 Å². The van der Waals surface area contributed by atoms with E-state index in [2.05, 4.69) is 9.80 Å². The van der Waals surface area contributed by atoms with Crippen molar-refractivity contribution in [3.63, 3.8) is 0 Å². The molecule has 2 heterocycles. The smallest absolute Gasteiger partial charge is 0.222 e. The fourth-order valence-electron chi connectivity index (χ4n) is 4.43. The van der Waals surface area contributed by atoms with E-state index in [1.54, 1.807) is 0 Å². The summed E-state index contributed by atoms with van der Waals surface area (Å²) in [6.07, 6.45) is 11.0. The highest BCUT2D eigenvalue weighted by molar-refractivity contribution is 7.11. The number of aryl methyl sites for hydroxylation is 2. The summed E-state index contributed by atoms with van der Waals surface area (Å²) in [7, 11) is 0. The summed E-state index contributed by atoms with van der Waals surface area (Å²) < 4.78 is 0. The zero-order chi connectivity index (χ0) is 16.4. The van der Waals surface area contributed by atoms with Gasteiger partial charge in [0.15, 0.2) is 0 Å². The zero-order valence-electron chi connectivity index (χ0n) is 14.6. The van der Waals surface area contributed by atoms with E-state index in [9.17, 15) is 4.79 Å². The minimum Gasteiger partial charge on any atom is -0.340 e. The van der Waals surface area contributed by atoms with Gasteiger partial charge in [-0.25, -0.2) is 4.98 Å². The van der Waals surface area contributed by atoms with Gasteiger partial charge in [0.2, 0.25) is 5.91 Å². The van der Waals surface area contributed by atoms with Gasteiger partial charge in [0.25, 0.3) is 0 Å². The Labute approximate surface area is 149 Å². The van der Waals surface area contributed by atoms with E-state index in [1.165, 1.54) is 66.9 Å². The molecule has 1 aromatic heterocycles. The monoisotopic (exact) mass is 347 g/mol. The highest BCUT2D eigenvalue weighted by Crippen LogP contribution is 2.29. The molecule has 1 aliphatic heterocycles. The first-order valence-corrected chi connectivity index (χ1v) is 10.6. The largest absolute Gasteiger partial charge is 0.340 e. The summed E-state index contributed by atoms with van der Waals surface area (Å²) in [5, 5.41) is 1.28. The number of aromatic nitrogens is 1. The second-order valence-corrected chi connectivity index (χ2v) is 8.86. The maximum Gasteiger partial charge on any atom is 0.222 e. The van der Waals surface area contributed by atoms with Crippen LogP contribution in [0.5, 0.6) is 0 Å². The van der Waals surface area contributed by atoms with E-state index in [4.69, 9.17) is 4.98 Å². The van der Waals surface area contributed by atoms with Gasteiger partial charge in [-0.1, -0.05) is 19.3 Å². The quantitative estimate of drug-likeness (QED) is 0.839. The van der Waals surface area contributed by atoms with Crippen LogP contribution in [-0.4, -0.2) is 46.9 Å². The van der Waals surface area contributed by atoms with Crippen molar-refractivity contribution in [2.24, 2.45) is 5.92 Å². The molecule has 0 radical (unpaired) electrons. The van der Waals surface area contributed by atoms with E-state index in [0.29, 0.717) is 11.8 Å². The molecule has 1 saturated heterocycles. The average Bonchev–Trinajstić information content (AvgIpc) is 3.18. The first-order valence-electron chi connectivity index (χ1n) is 9.75. The third-order valence-electron chi connectivity index (χ3n) is 5.91. The van der Waals surface area contributed by atoms with E-state index in [1.807, 2.05) is 11.3 Å². The van der Waals surface area contributed by atoms with Crippen LogP contribution in [0.3, 0.4) is 0 Å². The predicted molar refractivity (Wildman–Crippen MR) is 97.2 cm³/mol. The molecule has 0 unspecified atom stereocenters. The van der Waals surface area contributed by atoms with Crippen molar-refractivity contribution in [3.05, 3.63) is 15.6 Å². The summed E-state index contributed by atoms with van der Waals surface area (Å²) in [5.41, 5.74) is 1.36. The molecule has 4 nitrogen and oxygen atoms in total. The van der Waals surface area contributed by atoms with Crippen LogP contribution in [0.4, 0.5) is 0 Å². The molecule has 0 bridgehead atoms. The number of thiazole rings is 1. The number of fused-ring (bicyclic) bond motifs is 1. The van der Waals surface area contributed by atoms with Gasteiger partial charge in [-0.05, 0) is 38.0 Å². The fraction of sp³-hybridized carbons (Fsp3) is 0.789. The number of amides is 1. The van der Waals surface area contributed by atoms with Crippen molar-refractivity contribution < 1.29 is 4.79 Å². The van der Waals surface area contributed by atoms with Crippen LogP contribution in [0, 0.1) is 5.92 Å². The van der Waals surface area contributed by atoms with E-state index < -0.39 is 0 Å². The summed E-state index contributed by atoms with van der Waals surface area (Å²) >= 11 is 1.91. The minimum absolute atomic E-state index is 0.398. The second kappa shape index (κ2) is 7.52. The highest BCUT2D eigenvalue weighted by Gasteiger charge is 2.25. The third kappa shape index (κ3) is 3.83. The molecule has 0 aromatic carbocycles. The molecule has 0 spiro atoms. The minimum atomic E-state index is 0.398. The number of rotatable bonds is 4. The Morgan fingerprint density at radius 3 is 2.58 bits per heavy atom. The van der Waals surface area contributed by atoms with Crippen LogP contribution < -0.4 is 0 Å². The Hall–Kier alpha value is -0.940. The molecule has 0 N–H and O–H groups in total. The topological polar surface area (TPSA) is 36.4 Å². The number of carbonyl (C=O) groups is 1.